The summed E-state index contributed by atoms with van der Waals surface area (Å²) >= 11 is 0. The lowest BCUT2D eigenvalue weighted by Gasteiger charge is -2.37. The number of carbonyl (C=O) groups is 1. The van der Waals surface area contributed by atoms with E-state index in [4.69, 9.17) is 4.74 Å². The average molecular weight is 284 g/mol. The third-order valence-electron chi connectivity index (χ3n) is 3.52. The first-order chi connectivity index (χ1) is 9.44. The lowest BCUT2D eigenvalue weighted by Crippen LogP contribution is -2.50. The first-order valence-corrected chi connectivity index (χ1v) is 6.54. The quantitative estimate of drug-likeness (QED) is 0.854. The van der Waals surface area contributed by atoms with Crippen LogP contribution in [0.15, 0.2) is 18.2 Å². The summed E-state index contributed by atoms with van der Waals surface area (Å²) in [6.45, 7) is 1.77. The fourth-order valence-corrected chi connectivity index (χ4v) is 2.36. The number of carbonyl (C=O) groups excluding carboxylic acids is 1. The SMILES string of the molecule is COCC1CN(C(=O)c2cccc(C)n2)CCC1(F)F. The molecule has 2 heterocycles. The zero-order valence-corrected chi connectivity index (χ0v) is 11.6. The number of piperidine rings is 1. The second kappa shape index (κ2) is 5.83. The fourth-order valence-electron chi connectivity index (χ4n) is 2.36. The molecule has 1 atom stereocenters. The van der Waals surface area contributed by atoms with Crippen LogP contribution < -0.4 is 0 Å². The van der Waals surface area contributed by atoms with Crippen LogP contribution in [0.25, 0.3) is 0 Å². The Morgan fingerprint density at radius 3 is 2.95 bits per heavy atom. The number of halogens is 2. The molecular formula is C14H18F2N2O2. The van der Waals surface area contributed by atoms with Crippen molar-refractivity contribution < 1.29 is 18.3 Å². The maximum Gasteiger partial charge on any atom is 0.272 e. The summed E-state index contributed by atoms with van der Waals surface area (Å²) in [5.41, 5.74) is 1.03. The van der Waals surface area contributed by atoms with Crippen molar-refractivity contribution in [3.8, 4) is 0 Å². The van der Waals surface area contributed by atoms with Gasteiger partial charge in [0, 0.05) is 32.3 Å². The van der Waals surface area contributed by atoms with E-state index in [1.54, 1.807) is 25.1 Å². The number of aromatic nitrogens is 1. The molecule has 20 heavy (non-hydrogen) atoms. The van der Waals surface area contributed by atoms with Crippen LogP contribution in [0.5, 0.6) is 0 Å². The van der Waals surface area contributed by atoms with Gasteiger partial charge in [-0.2, -0.15) is 0 Å². The molecule has 2 rings (SSSR count). The molecule has 1 aromatic heterocycles. The minimum absolute atomic E-state index is 0.00467. The van der Waals surface area contributed by atoms with E-state index in [1.807, 2.05) is 0 Å². The molecule has 1 fully saturated rings. The lowest BCUT2D eigenvalue weighted by atomic mass is 9.94. The predicted molar refractivity (Wildman–Crippen MR) is 69.8 cm³/mol. The van der Waals surface area contributed by atoms with Gasteiger partial charge in [-0.15, -0.1) is 0 Å². The third kappa shape index (κ3) is 3.12. The van der Waals surface area contributed by atoms with Crippen molar-refractivity contribution in [1.29, 1.82) is 0 Å². The van der Waals surface area contributed by atoms with Crippen LogP contribution in [0, 0.1) is 12.8 Å². The van der Waals surface area contributed by atoms with Crippen LogP contribution in [0.1, 0.15) is 22.6 Å². The van der Waals surface area contributed by atoms with E-state index in [9.17, 15) is 13.6 Å². The summed E-state index contributed by atoms with van der Waals surface area (Å²) in [6.07, 6.45) is -0.335. The standard InChI is InChI=1S/C14H18F2N2O2/c1-10-4-3-5-12(17-10)13(19)18-7-6-14(15,16)11(8-18)9-20-2/h3-5,11H,6-9H2,1-2H3. The highest BCUT2D eigenvalue weighted by Gasteiger charge is 2.45. The summed E-state index contributed by atoms with van der Waals surface area (Å²) in [7, 11) is 1.39. The van der Waals surface area contributed by atoms with E-state index in [0.717, 1.165) is 5.69 Å². The molecule has 1 saturated heterocycles. The van der Waals surface area contributed by atoms with Crippen molar-refractivity contribution in [3.63, 3.8) is 0 Å². The van der Waals surface area contributed by atoms with E-state index >= 15 is 0 Å². The Balaban J connectivity index is 2.12. The van der Waals surface area contributed by atoms with Crippen molar-refractivity contribution in [1.82, 2.24) is 9.88 Å². The minimum Gasteiger partial charge on any atom is -0.384 e. The van der Waals surface area contributed by atoms with Gasteiger partial charge >= 0.3 is 0 Å². The summed E-state index contributed by atoms with van der Waals surface area (Å²) < 4.78 is 32.3. The van der Waals surface area contributed by atoms with E-state index in [2.05, 4.69) is 4.98 Å². The minimum atomic E-state index is -2.78. The highest BCUT2D eigenvalue weighted by Crippen LogP contribution is 2.34. The molecule has 6 heteroatoms. The van der Waals surface area contributed by atoms with E-state index in [1.165, 1.54) is 12.0 Å². The number of likely N-dealkylation sites (tertiary alicyclic amines) is 1. The lowest BCUT2D eigenvalue weighted by molar-refractivity contribution is -0.118. The Morgan fingerprint density at radius 2 is 2.30 bits per heavy atom. The number of pyridine rings is 1. The molecule has 4 nitrogen and oxygen atoms in total. The number of alkyl halides is 2. The normalized spacial score (nSPS) is 21.8. The van der Waals surface area contributed by atoms with Gasteiger partial charge in [0.2, 0.25) is 0 Å². The maximum absolute atomic E-state index is 13.7. The number of rotatable bonds is 3. The number of aryl methyl sites for hydroxylation is 1. The zero-order valence-electron chi connectivity index (χ0n) is 11.6. The number of ether oxygens (including phenoxy) is 1. The number of nitrogens with zero attached hydrogens (tertiary/aromatic N) is 2. The van der Waals surface area contributed by atoms with Gasteiger partial charge in [-0.3, -0.25) is 4.79 Å². The summed E-state index contributed by atoms with van der Waals surface area (Å²) in [6, 6.07) is 5.13. The summed E-state index contributed by atoms with van der Waals surface area (Å²) in [4.78, 5) is 17.9. The molecule has 1 aromatic rings. The smallest absolute Gasteiger partial charge is 0.272 e. The monoisotopic (exact) mass is 284 g/mol. The average Bonchev–Trinajstić information content (AvgIpc) is 2.40. The van der Waals surface area contributed by atoms with Gasteiger partial charge in [-0.25, -0.2) is 13.8 Å². The number of methoxy groups -OCH3 is 1. The van der Waals surface area contributed by atoms with Gasteiger partial charge < -0.3 is 9.64 Å². The van der Waals surface area contributed by atoms with Gasteiger partial charge in [0.25, 0.3) is 11.8 Å². The van der Waals surface area contributed by atoms with E-state index in [0.29, 0.717) is 5.69 Å². The largest absolute Gasteiger partial charge is 0.384 e. The molecular weight excluding hydrogens is 266 g/mol. The van der Waals surface area contributed by atoms with Crippen LogP contribution in [0.4, 0.5) is 8.78 Å². The molecule has 0 N–H and O–H groups in total. The van der Waals surface area contributed by atoms with Gasteiger partial charge in [-0.05, 0) is 19.1 Å². The highest BCUT2D eigenvalue weighted by molar-refractivity contribution is 5.92. The molecule has 1 aliphatic rings. The molecule has 0 saturated carbocycles. The van der Waals surface area contributed by atoms with E-state index in [-0.39, 0.29) is 32.0 Å². The summed E-state index contributed by atoms with van der Waals surface area (Å²) in [5, 5.41) is 0. The van der Waals surface area contributed by atoms with Crippen LogP contribution >= 0.6 is 0 Å². The van der Waals surface area contributed by atoms with Crippen molar-refractivity contribution in [2.45, 2.75) is 19.3 Å². The molecule has 0 spiro atoms. The van der Waals surface area contributed by atoms with Gasteiger partial charge in [0.15, 0.2) is 0 Å². The Bertz CT molecular complexity index is 494. The molecule has 0 aliphatic carbocycles. The number of hydrogen-bond acceptors (Lipinski definition) is 3. The van der Waals surface area contributed by atoms with Crippen LogP contribution in [-0.2, 0) is 4.74 Å². The van der Waals surface area contributed by atoms with Crippen molar-refractivity contribution >= 4 is 5.91 Å². The molecule has 0 radical (unpaired) electrons. The van der Waals surface area contributed by atoms with E-state index < -0.39 is 11.8 Å². The Labute approximate surface area is 116 Å². The number of hydrogen-bond donors (Lipinski definition) is 0. The topological polar surface area (TPSA) is 42.4 Å². The van der Waals surface area contributed by atoms with Gasteiger partial charge in [0.05, 0.1) is 12.5 Å². The zero-order chi connectivity index (χ0) is 14.8. The molecule has 1 amide bonds. The second-order valence-electron chi connectivity index (χ2n) is 5.08. The van der Waals surface area contributed by atoms with Crippen molar-refractivity contribution in [2.24, 2.45) is 5.92 Å². The number of amides is 1. The maximum atomic E-state index is 13.7. The Morgan fingerprint density at radius 1 is 1.55 bits per heavy atom. The molecule has 0 aromatic carbocycles. The van der Waals surface area contributed by atoms with Crippen LogP contribution in [0.3, 0.4) is 0 Å². The molecule has 1 aliphatic heterocycles. The first-order valence-electron chi connectivity index (χ1n) is 6.54. The Hall–Kier alpha value is -1.56. The van der Waals surface area contributed by atoms with Gasteiger partial charge in [-0.1, -0.05) is 6.07 Å². The van der Waals surface area contributed by atoms with Gasteiger partial charge in [0.1, 0.15) is 5.69 Å². The molecule has 1 unspecified atom stereocenters. The van der Waals surface area contributed by atoms with Crippen molar-refractivity contribution in [2.75, 3.05) is 26.8 Å². The molecule has 0 bridgehead atoms. The first kappa shape index (κ1) is 14.8. The summed E-state index contributed by atoms with van der Waals surface area (Å²) in [5.74, 6) is -4.05. The molecule has 110 valence electrons. The van der Waals surface area contributed by atoms with Crippen LogP contribution in [-0.4, -0.2) is 48.5 Å². The second-order valence-corrected chi connectivity index (χ2v) is 5.08. The van der Waals surface area contributed by atoms with Crippen molar-refractivity contribution in [3.05, 3.63) is 29.6 Å². The fraction of sp³-hybridized carbons (Fsp3) is 0.571. The highest BCUT2D eigenvalue weighted by atomic mass is 19.3. The van der Waals surface area contributed by atoms with Crippen LogP contribution in [0.2, 0.25) is 0 Å². The Kier molecular flexibility index (Phi) is 4.32. The third-order valence-corrected chi connectivity index (χ3v) is 3.52. The predicted octanol–water partition coefficient (Wildman–Crippen LogP) is 2.13.